The van der Waals surface area contributed by atoms with E-state index in [9.17, 15) is 4.79 Å². The molecule has 5 rings (SSSR count). The van der Waals surface area contributed by atoms with E-state index in [1.54, 1.807) is 25.1 Å². The first-order valence-electron chi connectivity index (χ1n) is 11.5. The summed E-state index contributed by atoms with van der Waals surface area (Å²) in [5.41, 5.74) is 2.90. The van der Waals surface area contributed by atoms with Gasteiger partial charge in [-0.25, -0.2) is 4.68 Å². The molecule has 0 atom stereocenters. The van der Waals surface area contributed by atoms with E-state index < -0.39 is 0 Å². The highest BCUT2D eigenvalue weighted by molar-refractivity contribution is 6.08. The van der Waals surface area contributed by atoms with Crippen LogP contribution in [0, 0.1) is 5.92 Å². The molecule has 2 aromatic heterocycles. The predicted molar refractivity (Wildman–Crippen MR) is 130 cm³/mol. The summed E-state index contributed by atoms with van der Waals surface area (Å²) in [6.07, 6.45) is 5.20. The van der Waals surface area contributed by atoms with Crippen molar-refractivity contribution in [2.75, 3.05) is 27.3 Å². The summed E-state index contributed by atoms with van der Waals surface area (Å²) in [5.74, 6) is 1.97. The smallest absolute Gasteiger partial charge is 0.292 e. The van der Waals surface area contributed by atoms with E-state index in [4.69, 9.17) is 9.47 Å². The Morgan fingerprint density at radius 2 is 1.70 bits per heavy atom. The molecule has 7 nitrogen and oxygen atoms in total. The molecule has 1 aliphatic heterocycles. The normalized spacial score (nSPS) is 15.4. The molecule has 1 saturated heterocycles. The first-order chi connectivity index (χ1) is 16.1. The molecule has 3 heterocycles. The molecule has 0 radical (unpaired) electrons. The number of nitrogens with zero attached hydrogens (tertiary/aromatic N) is 4. The molecule has 0 unspecified atom stereocenters. The predicted octanol–water partition coefficient (Wildman–Crippen LogP) is 3.82. The Hall–Kier alpha value is -3.32. The van der Waals surface area contributed by atoms with Crippen molar-refractivity contribution in [2.45, 2.75) is 25.9 Å². The number of aromatic nitrogens is 3. The summed E-state index contributed by atoms with van der Waals surface area (Å²) in [6, 6.07) is 14.5. The number of fused-ring (bicyclic) bond motifs is 3. The Bertz CT molecular complexity index is 1330. The zero-order valence-corrected chi connectivity index (χ0v) is 19.5. The fourth-order valence-corrected chi connectivity index (χ4v) is 5.05. The molecule has 0 aliphatic carbocycles. The van der Waals surface area contributed by atoms with Gasteiger partial charge in [0.25, 0.3) is 5.56 Å². The Balaban J connectivity index is 1.37. The molecule has 0 bridgehead atoms. The number of ether oxygens (including phenoxy) is 2. The Morgan fingerprint density at radius 3 is 2.39 bits per heavy atom. The van der Waals surface area contributed by atoms with Gasteiger partial charge in [0.2, 0.25) is 0 Å². The minimum atomic E-state index is -0.0736. The standard InChI is InChI=1S/C26H30N4O3/c1-28-22-15-24(33-3)23(32-2)14-20(22)21-16-27-30(26(31)25(21)28)17-29-11-9-19(10-12-29)13-18-7-5-4-6-8-18/h4-8,14-16,19H,9-13,17H2,1-3H3. The lowest BCUT2D eigenvalue weighted by molar-refractivity contribution is 0.138. The van der Waals surface area contributed by atoms with Crippen molar-refractivity contribution < 1.29 is 9.47 Å². The number of methoxy groups -OCH3 is 2. The van der Waals surface area contributed by atoms with Crippen LogP contribution in [0.25, 0.3) is 21.8 Å². The molecular formula is C26H30N4O3. The maximum absolute atomic E-state index is 13.4. The summed E-state index contributed by atoms with van der Waals surface area (Å²) < 4.78 is 14.4. The van der Waals surface area contributed by atoms with Crippen molar-refractivity contribution in [3.63, 3.8) is 0 Å². The molecule has 33 heavy (non-hydrogen) atoms. The van der Waals surface area contributed by atoms with Crippen LogP contribution >= 0.6 is 0 Å². The van der Waals surface area contributed by atoms with Crippen LogP contribution in [0.4, 0.5) is 0 Å². The van der Waals surface area contributed by atoms with Gasteiger partial charge in [-0.1, -0.05) is 30.3 Å². The molecule has 0 amide bonds. The quantitative estimate of drug-likeness (QED) is 0.451. The lowest BCUT2D eigenvalue weighted by Crippen LogP contribution is -2.39. The minimum absolute atomic E-state index is 0.0736. The van der Waals surface area contributed by atoms with Crippen LogP contribution in [0.2, 0.25) is 0 Å². The highest BCUT2D eigenvalue weighted by atomic mass is 16.5. The molecule has 1 aliphatic rings. The third kappa shape index (κ3) is 3.97. The van der Waals surface area contributed by atoms with E-state index in [0.29, 0.717) is 29.6 Å². The third-order valence-corrected chi connectivity index (χ3v) is 6.92. The summed E-state index contributed by atoms with van der Waals surface area (Å²) in [6.45, 7) is 2.47. The van der Waals surface area contributed by atoms with Gasteiger partial charge in [-0.15, -0.1) is 0 Å². The Kier molecular flexibility index (Phi) is 5.81. The van der Waals surface area contributed by atoms with Crippen LogP contribution in [-0.4, -0.2) is 46.6 Å². The second-order valence-electron chi connectivity index (χ2n) is 8.89. The second kappa shape index (κ2) is 8.90. The SMILES string of the molecule is COc1cc2c3cnn(CN4CCC(Cc5ccccc5)CC4)c(=O)c3n(C)c2cc1OC. The average Bonchev–Trinajstić information content (AvgIpc) is 3.13. The van der Waals surface area contributed by atoms with Crippen molar-refractivity contribution in [3.8, 4) is 11.5 Å². The number of piperidine rings is 1. The fourth-order valence-electron chi connectivity index (χ4n) is 5.05. The number of rotatable bonds is 6. The molecule has 4 aromatic rings. The average molecular weight is 447 g/mol. The van der Waals surface area contributed by atoms with Crippen molar-refractivity contribution in [1.82, 2.24) is 19.2 Å². The van der Waals surface area contributed by atoms with Crippen LogP contribution in [0.5, 0.6) is 11.5 Å². The number of aryl methyl sites for hydroxylation is 1. The van der Waals surface area contributed by atoms with Crippen molar-refractivity contribution in [1.29, 1.82) is 0 Å². The van der Waals surface area contributed by atoms with Gasteiger partial charge < -0.3 is 14.0 Å². The first-order valence-corrected chi connectivity index (χ1v) is 11.5. The summed E-state index contributed by atoms with van der Waals surface area (Å²) in [5, 5.41) is 6.29. The van der Waals surface area contributed by atoms with Crippen LogP contribution in [0.3, 0.4) is 0 Å². The van der Waals surface area contributed by atoms with Gasteiger partial charge >= 0.3 is 0 Å². The largest absolute Gasteiger partial charge is 0.493 e. The molecule has 172 valence electrons. The van der Waals surface area contributed by atoms with Gasteiger partial charge in [0.05, 0.1) is 32.6 Å². The van der Waals surface area contributed by atoms with Gasteiger partial charge in [0, 0.05) is 37.0 Å². The van der Waals surface area contributed by atoms with Crippen molar-refractivity contribution in [2.24, 2.45) is 13.0 Å². The second-order valence-corrected chi connectivity index (χ2v) is 8.89. The van der Waals surface area contributed by atoms with E-state index in [1.807, 2.05) is 23.7 Å². The van der Waals surface area contributed by atoms with Crippen LogP contribution in [-0.2, 0) is 20.1 Å². The topological polar surface area (TPSA) is 61.5 Å². The molecule has 0 spiro atoms. The molecule has 0 saturated carbocycles. The van der Waals surface area contributed by atoms with E-state index in [0.717, 1.165) is 48.6 Å². The van der Waals surface area contributed by atoms with Crippen LogP contribution < -0.4 is 15.0 Å². The van der Waals surface area contributed by atoms with Crippen LogP contribution in [0.1, 0.15) is 18.4 Å². The monoisotopic (exact) mass is 446 g/mol. The van der Waals surface area contributed by atoms with Gasteiger partial charge in [-0.05, 0) is 36.8 Å². The molecule has 2 aromatic carbocycles. The summed E-state index contributed by atoms with van der Waals surface area (Å²) >= 11 is 0. The highest BCUT2D eigenvalue weighted by Crippen LogP contribution is 2.36. The van der Waals surface area contributed by atoms with Crippen molar-refractivity contribution >= 4 is 21.8 Å². The maximum atomic E-state index is 13.4. The van der Waals surface area contributed by atoms with E-state index in [1.165, 1.54) is 5.56 Å². The fraction of sp³-hybridized carbons (Fsp3) is 0.385. The van der Waals surface area contributed by atoms with Crippen LogP contribution in [0.15, 0.2) is 53.5 Å². The molecule has 0 N–H and O–H groups in total. The molecule has 7 heteroatoms. The zero-order valence-electron chi connectivity index (χ0n) is 19.5. The van der Waals surface area contributed by atoms with E-state index in [-0.39, 0.29) is 5.56 Å². The maximum Gasteiger partial charge on any atom is 0.292 e. The Labute approximate surface area is 193 Å². The van der Waals surface area contributed by atoms with Gasteiger partial charge in [-0.2, -0.15) is 5.10 Å². The third-order valence-electron chi connectivity index (χ3n) is 6.92. The molecular weight excluding hydrogens is 416 g/mol. The number of hydrogen-bond donors (Lipinski definition) is 0. The van der Waals surface area contributed by atoms with E-state index >= 15 is 0 Å². The number of benzene rings is 2. The lowest BCUT2D eigenvalue weighted by atomic mass is 9.90. The number of hydrogen-bond acceptors (Lipinski definition) is 5. The highest BCUT2D eigenvalue weighted by Gasteiger charge is 2.22. The lowest BCUT2D eigenvalue weighted by Gasteiger charge is -2.31. The van der Waals surface area contributed by atoms with Crippen molar-refractivity contribution in [3.05, 3.63) is 64.6 Å². The minimum Gasteiger partial charge on any atom is -0.493 e. The van der Waals surface area contributed by atoms with E-state index in [2.05, 4.69) is 40.3 Å². The molecule has 1 fully saturated rings. The number of likely N-dealkylation sites (tertiary alicyclic amines) is 1. The Morgan fingerprint density at radius 1 is 1.00 bits per heavy atom. The van der Waals surface area contributed by atoms with Gasteiger partial charge in [0.15, 0.2) is 11.5 Å². The zero-order chi connectivity index (χ0) is 22.9. The first kappa shape index (κ1) is 21.5. The van der Waals surface area contributed by atoms with Gasteiger partial charge in [-0.3, -0.25) is 9.69 Å². The van der Waals surface area contributed by atoms with Gasteiger partial charge in [0.1, 0.15) is 5.52 Å². The summed E-state index contributed by atoms with van der Waals surface area (Å²) in [7, 11) is 5.14. The summed E-state index contributed by atoms with van der Waals surface area (Å²) in [4.78, 5) is 15.7.